The van der Waals surface area contributed by atoms with E-state index < -0.39 is 0 Å². The second-order valence-electron chi connectivity index (χ2n) is 4.43. The van der Waals surface area contributed by atoms with Crippen molar-refractivity contribution in [2.75, 3.05) is 53.0 Å². The number of carbonyl (C=O) groups is 1. The molecule has 0 aliphatic carbocycles. The number of piperazine rings is 1. The van der Waals surface area contributed by atoms with E-state index >= 15 is 0 Å². The molecule has 5 heteroatoms. The second-order valence-corrected chi connectivity index (χ2v) is 4.43. The van der Waals surface area contributed by atoms with Crippen molar-refractivity contribution < 1.29 is 9.53 Å². The van der Waals surface area contributed by atoms with Crippen LogP contribution < -0.4 is 10.6 Å². The Kier molecular flexibility index (Phi) is 7.96. The van der Waals surface area contributed by atoms with Crippen LogP contribution >= 0.6 is 0 Å². The van der Waals surface area contributed by atoms with Crippen molar-refractivity contribution in [1.82, 2.24) is 15.5 Å². The van der Waals surface area contributed by atoms with E-state index in [2.05, 4.69) is 15.5 Å². The van der Waals surface area contributed by atoms with E-state index in [9.17, 15) is 4.79 Å². The van der Waals surface area contributed by atoms with Crippen LogP contribution in [0.5, 0.6) is 0 Å². The van der Waals surface area contributed by atoms with Crippen molar-refractivity contribution in [3.63, 3.8) is 0 Å². The highest BCUT2D eigenvalue weighted by molar-refractivity contribution is 5.77. The average Bonchev–Trinajstić information content (AvgIpc) is 2.35. The molecule has 1 rings (SSSR count). The Morgan fingerprint density at radius 3 is 2.76 bits per heavy atom. The Bertz CT molecular complexity index is 206. The number of hydrogen-bond donors (Lipinski definition) is 2. The van der Waals surface area contributed by atoms with Crippen LogP contribution in [0.2, 0.25) is 0 Å². The van der Waals surface area contributed by atoms with E-state index in [0.717, 1.165) is 58.6 Å². The number of nitrogens with zero attached hydrogens (tertiary/aromatic N) is 1. The molecule has 0 unspecified atom stereocenters. The predicted molar refractivity (Wildman–Crippen MR) is 68.0 cm³/mol. The van der Waals surface area contributed by atoms with Crippen LogP contribution in [0.3, 0.4) is 0 Å². The third kappa shape index (κ3) is 7.31. The van der Waals surface area contributed by atoms with Gasteiger partial charge in [0.05, 0.1) is 6.54 Å². The molecule has 0 aromatic rings. The molecular weight excluding hydrogens is 218 g/mol. The maximum Gasteiger partial charge on any atom is 0.234 e. The monoisotopic (exact) mass is 243 g/mol. The first kappa shape index (κ1) is 14.4. The summed E-state index contributed by atoms with van der Waals surface area (Å²) in [7, 11) is 1.72. The number of ether oxygens (including phenoxy) is 1. The molecule has 0 bridgehead atoms. The fraction of sp³-hybridized carbons (Fsp3) is 0.917. The van der Waals surface area contributed by atoms with E-state index in [1.165, 1.54) is 0 Å². The summed E-state index contributed by atoms with van der Waals surface area (Å²) in [4.78, 5) is 13.8. The Morgan fingerprint density at radius 1 is 1.29 bits per heavy atom. The van der Waals surface area contributed by atoms with Crippen molar-refractivity contribution in [2.24, 2.45) is 0 Å². The van der Waals surface area contributed by atoms with E-state index in [1.807, 2.05) is 0 Å². The third-order valence-electron chi connectivity index (χ3n) is 2.92. The van der Waals surface area contributed by atoms with Crippen LogP contribution in [-0.2, 0) is 9.53 Å². The molecule has 2 N–H and O–H groups in total. The highest BCUT2D eigenvalue weighted by atomic mass is 16.5. The predicted octanol–water partition coefficient (Wildman–Crippen LogP) is -0.175. The summed E-state index contributed by atoms with van der Waals surface area (Å²) in [6.07, 6.45) is 3.22. The van der Waals surface area contributed by atoms with E-state index in [4.69, 9.17) is 4.74 Å². The van der Waals surface area contributed by atoms with Gasteiger partial charge in [0.15, 0.2) is 0 Å². The molecule has 0 saturated carbocycles. The standard InChI is InChI=1S/C12H25N3O2/c1-17-10-4-2-3-5-14-12(16)11-15-8-6-13-7-9-15/h13H,2-11H2,1H3,(H,14,16). The van der Waals surface area contributed by atoms with Crippen molar-refractivity contribution in [1.29, 1.82) is 0 Å². The van der Waals surface area contributed by atoms with Gasteiger partial charge < -0.3 is 15.4 Å². The van der Waals surface area contributed by atoms with Gasteiger partial charge in [0.1, 0.15) is 0 Å². The van der Waals surface area contributed by atoms with E-state index in [-0.39, 0.29) is 5.91 Å². The summed E-state index contributed by atoms with van der Waals surface area (Å²) in [5.74, 6) is 0.152. The van der Waals surface area contributed by atoms with Crippen LogP contribution in [0.4, 0.5) is 0 Å². The number of unbranched alkanes of at least 4 members (excludes halogenated alkanes) is 2. The molecule has 0 aromatic heterocycles. The Morgan fingerprint density at radius 2 is 2.06 bits per heavy atom. The molecule has 17 heavy (non-hydrogen) atoms. The molecule has 1 heterocycles. The maximum absolute atomic E-state index is 11.6. The van der Waals surface area contributed by atoms with Crippen molar-refractivity contribution in [2.45, 2.75) is 19.3 Å². The molecule has 100 valence electrons. The molecule has 1 aliphatic heterocycles. The number of hydrogen-bond acceptors (Lipinski definition) is 4. The SMILES string of the molecule is COCCCCCNC(=O)CN1CCNCC1. The number of nitrogens with one attached hydrogen (secondary N) is 2. The minimum atomic E-state index is 0.152. The van der Waals surface area contributed by atoms with E-state index in [1.54, 1.807) is 7.11 Å². The molecule has 1 saturated heterocycles. The lowest BCUT2D eigenvalue weighted by molar-refractivity contribution is -0.122. The normalized spacial score (nSPS) is 17.0. The fourth-order valence-corrected chi connectivity index (χ4v) is 1.90. The zero-order valence-electron chi connectivity index (χ0n) is 10.8. The lowest BCUT2D eigenvalue weighted by atomic mass is 10.2. The van der Waals surface area contributed by atoms with Crippen LogP contribution in [0, 0.1) is 0 Å². The third-order valence-corrected chi connectivity index (χ3v) is 2.92. The Balaban J connectivity index is 1.93. The van der Waals surface area contributed by atoms with Crippen molar-refractivity contribution in [3.8, 4) is 0 Å². The molecule has 0 atom stereocenters. The van der Waals surface area contributed by atoms with Crippen LogP contribution in [-0.4, -0.2) is 63.8 Å². The largest absolute Gasteiger partial charge is 0.385 e. The number of rotatable bonds is 8. The van der Waals surface area contributed by atoms with Gasteiger partial charge in [-0.15, -0.1) is 0 Å². The molecule has 0 radical (unpaired) electrons. The molecule has 0 spiro atoms. The first-order valence-corrected chi connectivity index (χ1v) is 6.51. The summed E-state index contributed by atoms with van der Waals surface area (Å²) in [5.41, 5.74) is 0. The second kappa shape index (κ2) is 9.39. The smallest absolute Gasteiger partial charge is 0.234 e. The van der Waals surface area contributed by atoms with Gasteiger partial charge in [0.25, 0.3) is 0 Å². The first-order valence-electron chi connectivity index (χ1n) is 6.51. The lowest BCUT2D eigenvalue weighted by Gasteiger charge is -2.26. The van der Waals surface area contributed by atoms with E-state index in [0.29, 0.717) is 6.54 Å². The maximum atomic E-state index is 11.6. The lowest BCUT2D eigenvalue weighted by Crippen LogP contribution is -2.47. The van der Waals surface area contributed by atoms with Crippen LogP contribution in [0.1, 0.15) is 19.3 Å². The van der Waals surface area contributed by atoms with Gasteiger partial charge >= 0.3 is 0 Å². The first-order chi connectivity index (χ1) is 8.33. The molecule has 1 aliphatic rings. The topological polar surface area (TPSA) is 53.6 Å². The minimum Gasteiger partial charge on any atom is -0.385 e. The van der Waals surface area contributed by atoms with Crippen molar-refractivity contribution >= 4 is 5.91 Å². The average molecular weight is 243 g/mol. The molecule has 1 amide bonds. The molecule has 1 fully saturated rings. The fourth-order valence-electron chi connectivity index (χ4n) is 1.90. The van der Waals surface area contributed by atoms with Gasteiger partial charge in [0, 0.05) is 46.4 Å². The van der Waals surface area contributed by atoms with Gasteiger partial charge in [-0.1, -0.05) is 0 Å². The van der Waals surface area contributed by atoms with Gasteiger partial charge in [0.2, 0.25) is 5.91 Å². The van der Waals surface area contributed by atoms with Gasteiger partial charge in [-0.2, -0.15) is 0 Å². The summed E-state index contributed by atoms with van der Waals surface area (Å²) in [6.45, 7) is 6.07. The summed E-state index contributed by atoms with van der Waals surface area (Å²) in [5, 5.41) is 6.24. The van der Waals surface area contributed by atoms with Crippen LogP contribution in [0.15, 0.2) is 0 Å². The summed E-state index contributed by atoms with van der Waals surface area (Å²) in [6, 6.07) is 0. The summed E-state index contributed by atoms with van der Waals surface area (Å²) < 4.78 is 4.97. The summed E-state index contributed by atoms with van der Waals surface area (Å²) >= 11 is 0. The molecular formula is C12H25N3O2. The molecule has 0 aromatic carbocycles. The number of methoxy groups -OCH3 is 1. The quantitative estimate of drug-likeness (QED) is 0.581. The number of amides is 1. The highest BCUT2D eigenvalue weighted by Crippen LogP contribution is 1.94. The molecule has 5 nitrogen and oxygen atoms in total. The number of carbonyl (C=O) groups excluding carboxylic acids is 1. The zero-order chi connectivity index (χ0) is 12.3. The van der Waals surface area contributed by atoms with Gasteiger partial charge in [-0.05, 0) is 19.3 Å². The minimum absolute atomic E-state index is 0.152. The Labute approximate surface area is 104 Å². The van der Waals surface area contributed by atoms with Gasteiger partial charge in [-0.3, -0.25) is 9.69 Å². The van der Waals surface area contributed by atoms with Gasteiger partial charge in [-0.25, -0.2) is 0 Å². The highest BCUT2D eigenvalue weighted by Gasteiger charge is 2.12. The van der Waals surface area contributed by atoms with Crippen LogP contribution in [0.25, 0.3) is 0 Å². The Hall–Kier alpha value is -0.650. The van der Waals surface area contributed by atoms with Crippen molar-refractivity contribution in [3.05, 3.63) is 0 Å². The zero-order valence-corrected chi connectivity index (χ0v) is 10.8.